The third kappa shape index (κ3) is 1.96. The minimum atomic E-state index is 0.0838. The number of anilines is 1. The largest absolute Gasteiger partial charge is 0.351 e. The summed E-state index contributed by atoms with van der Waals surface area (Å²) in [4.78, 5) is 7.22. The molecule has 0 atom stereocenters. The molecule has 0 saturated carbocycles. The Kier molecular flexibility index (Phi) is 2.85. The van der Waals surface area contributed by atoms with Gasteiger partial charge in [-0.2, -0.15) is 21.0 Å². The van der Waals surface area contributed by atoms with Crippen molar-refractivity contribution in [2.24, 2.45) is 0 Å². The molecule has 114 valence electrons. The van der Waals surface area contributed by atoms with E-state index in [9.17, 15) is 0 Å². The topological polar surface area (TPSA) is 33.4 Å². The summed E-state index contributed by atoms with van der Waals surface area (Å²) in [5.74, 6) is 1.22. The fourth-order valence-corrected chi connectivity index (χ4v) is 3.89. The first-order valence-electron chi connectivity index (χ1n) is 7.64. The molecule has 3 aromatic heterocycles. The molecule has 4 rings (SSSR count). The van der Waals surface area contributed by atoms with Gasteiger partial charge in [-0.1, -0.05) is 0 Å². The Morgan fingerprint density at radius 1 is 1.27 bits per heavy atom. The van der Waals surface area contributed by atoms with Gasteiger partial charge in [0.15, 0.2) is 5.65 Å². The maximum atomic E-state index is 4.85. The molecule has 0 N–H and O–H groups in total. The van der Waals surface area contributed by atoms with E-state index in [1.165, 1.54) is 16.9 Å². The molecule has 22 heavy (non-hydrogen) atoms. The Morgan fingerprint density at radius 3 is 2.77 bits per heavy atom. The van der Waals surface area contributed by atoms with Crippen molar-refractivity contribution in [3.63, 3.8) is 0 Å². The highest BCUT2D eigenvalue weighted by atomic mass is 32.1. The lowest BCUT2D eigenvalue weighted by Gasteiger charge is -2.34. The fourth-order valence-electron chi connectivity index (χ4n) is 3.24. The van der Waals surface area contributed by atoms with Crippen LogP contribution in [0.15, 0.2) is 22.9 Å². The summed E-state index contributed by atoms with van der Waals surface area (Å²) in [6.07, 6.45) is 1.05. The minimum Gasteiger partial charge on any atom is -0.351 e. The summed E-state index contributed by atoms with van der Waals surface area (Å²) in [7, 11) is 0. The van der Waals surface area contributed by atoms with Crippen molar-refractivity contribution in [3.8, 4) is 11.3 Å². The van der Waals surface area contributed by atoms with Crippen molar-refractivity contribution in [2.45, 2.75) is 39.7 Å². The normalized spacial score (nSPS) is 14.8. The first-order valence-corrected chi connectivity index (χ1v) is 8.59. The number of rotatable bonds is 1. The molecule has 0 fully saturated rings. The zero-order chi connectivity index (χ0) is 15.5. The molecule has 0 saturated heterocycles. The Hall–Kier alpha value is -1.88. The molecule has 4 nitrogen and oxygen atoms in total. The van der Waals surface area contributed by atoms with Crippen LogP contribution in [0.3, 0.4) is 0 Å². The summed E-state index contributed by atoms with van der Waals surface area (Å²) in [5, 5.41) is 9.07. The van der Waals surface area contributed by atoms with Crippen LogP contribution in [-0.4, -0.2) is 26.7 Å². The molecule has 0 aliphatic carbocycles. The van der Waals surface area contributed by atoms with E-state index in [1.54, 1.807) is 11.3 Å². The van der Waals surface area contributed by atoms with E-state index in [0.717, 1.165) is 30.0 Å². The van der Waals surface area contributed by atoms with Crippen molar-refractivity contribution in [2.75, 3.05) is 11.4 Å². The number of nitrogens with zero attached hydrogens (tertiary/aromatic N) is 4. The number of aryl methyl sites for hydroxylation is 1. The van der Waals surface area contributed by atoms with Gasteiger partial charge in [0.05, 0.1) is 5.69 Å². The third-order valence-corrected chi connectivity index (χ3v) is 5.03. The van der Waals surface area contributed by atoms with Gasteiger partial charge in [-0.3, -0.25) is 0 Å². The van der Waals surface area contributed by atoms with Crippen LogP contribution in [-0.2, 0) is 6.42 Å². The van der Waals surface area contributed by atoms with Crippen molar-refractivity contribution >= 4 is 22.8 Å². The molecule has 0 radical (unpaired) electrons. The number of fused-ring (bicyclic) bond motifs is 3. The summed E-state index contributed by atoms with van der Waals surface area (Å²) >= 11 is 1.70. The van der Waals surface area contributed by atoms with Gasteiger partial charge in [-0.25, -0.2) is 4.98 Å². The summed E-state index contributed by atoms with van der Waals surface area (Å²) < 4.78 is 2.04. The molecule has 4 heterocycles. The van der Waals surface area contributed by atoms with Gasteiger partial charge in [0.1, 0.15) is 5.82 Å². The monoisotopic (exact) mass is 312 g/mol. The van der Waals surface area contributed by atoms with E-state index in [0.29, 0.717) is 0 Å². The molecule has 0 unspecified atom stereocenters. The molecule has 1 aliphatic rings. The van der Waals surface area contributed by atoms with Gasteiger partial charge in [0.2, 0.25) is 0 Å². The van der Waals surface area contributed by atoms with Crippen LogP contribution in [0.5, 0.6) is 0 Å². The number of aromatic nitrogens is 3. The van der Waals surface area contributed by atoms with Gasteiger partial charge >= 0.3 is 0 Å². The van der Waals surface area contributed by atoms with Gasteiger partial charge in [-0.05, 0) is 45.6 Å². The first kappa shape index (κ1) is 13.8. The van der Waals surface area contributed by atoms with Crippen molar-refractivity contribution < 1.29 is 0 Å². The zero-order valence-electron chi connectivity index (χ0n) is 13.4. The third-order valence-electron chi connectivity index (χ3n) is 4.35. The van der Waals surface area contributed by atoms with E-state index < -0.39 is 0 Å². The molecule has 1 aliphatic heterocycles. The molecular formula is C17H20N4S. The smallest absolute Gasteiger partial charge is 0.158 e. The van der Waals surface area contributed by atoms with Crippen LogP contribution < -0.4 is 4.90 Å². The number of hydrogen-bond acceptors (Lipinski definition) is 4. The minimum absolute atomic E-state index is 0.0838. The predicted octanol–water partition coefficient (Wildman–Crippen LogP) is 3.93. The van der Waals surface area contributed by atoms with Gasteiger partial charge in [0.25, 0.3) is 0 Å². The van der Waals surface area contributed by atoms with Crippen LogP contribution in [0.1, 0.15) is 32.0 Å². The van der Waals surface area contributed by atoms with E-state index in [1.807, 2.05) is 4.52 Å². The van der Waals surface area contributed by atoms with Crippen molar-refractivity contribution in [1.82, 2.24) is 14.6 Å². The lowest BCUT2D eigenvalue weighted by atomic mass is 10.1. The summed E-state index contributed by atoms with van der Waals surface area (Å²) in [6, 6.07) is 4.20. The van der Waals surface area contributed by atoms with Crippen LogP contribution in [0.4, 0.5) is 5.82 Å². The molecule has 0 bridgehead atoms. The Balaban J connectivity index is 1.98. The zero-order valence-corrected chi connectivity index (χ0v) is 14.2. The van der Waals surface area contributed by atoms with E-state index in [2.05, 4.69) is 55.5 Å². The second-order valence-corrected chi connectivity index (χ2v) is 7.66. The summed E-state index contributed by atoms with van der Waals surface area (Å²) in [6.45, 7) is 9.92. The second kappa shape index (κ2) is 4.56. The lowest BCUT2D eigenvalue weighted by Crippen LogP contribution is -2.41. The van der Waals surface area contributed by atoms with Crippen molar-refractivity contribution in [1.29, 1.82) is 0 Å². The molecule has 0 aromatic carbocycles. The SMILES string of the molecule is Cc1nc2cc(-c3ccsc3)nn2c2c1CCN2C(C)(C)C. The van der Waals surface area contributed by atoms with Gasteiger partial charge < -0.3 is 4.90 Å². The predicted molar refractivity (Wildman–Crippen MR) is 91.8 cm³/mol. The Labute approximate surface area is 134 Å². The molecular weight excluding hydrogens is 292 g/mol. The first-order chi connectivity index (χ1) is 10.4. The Bertz CT molecular complexity index is 840. The summed E-state index contributed by atoms with van der Waals surface area (Å²) in [5.41, 5.74) is 5.66. The standard InChI is InChI=1S/C17H20N4S/c1-11-13-5-7-20(17(2,3)4)16(13)21-15(18-11)9-14(19-21)12-6-8-22-10-12/h6,8-10H,5,7H2,1-4H3. The highest BCUT2D eigenvalue weighted by molar-refractivity contribution is 7.08. The van der Waals surface area contributed by atoms with Crippen LogP contribution in [0.2, 0.25) is 0 Å². The molecule has 0 amide bonds. The van der Waals surface area contributed by atoms with E-state index in [-0.39, 0.29) is 5.54 Å². The molecule has 5 heteroatoms. The second-order valence-electron chi connectivity index (χ2n) is 6.88. The number of hydrogen-bond donors (Lipinski definition) is 0. The molecule has 0 spiro atoms. The van der Waals surface area contributed by atoms with Crippen LogP contribution in [0.25, 0.3) is 16.9 Å². The van der Waals surface area contributed by atoms with Crippen LogP contribution >= 0.6 is 11.3 Å². The maximum absolute atomic E-state index is 4.85. The molecule has 3 aromatic rings. The maximum Gasteiger partial charge on any atom is 0.158 e. The Morgan fingerprint density at radius 2 is 2.09 bits per heavy atom. The lowest BCUT2D eigenvalue weighted by molar-refractivity contribution is 0.510. The highest BCUT2D eigenvalue weighted by Crippen LogP contribution is 2.36. The number of thiophene rings is 1. The van der Waals surface area contributed by atoms with Gasteiger partial charge in [0, 0.05) is 40.4 Å². The van der Waals surface area contributed by atoms with Crippen molar-refractivity contribution in [3.05, 3.63) is 34.2 Å². The fraction of sp³-hybridized carbons (Fsp3) is 0.412. The average molecular weight is 312 g/mol. The highest BCUT2D eigenvalue weighted by Gasteiger charge is 2.32. The van der Waals surface area contributed by atoms with E-state index in [4.69, 9.17) is 10.1 Å². The van der Waals surface area contributed by atoms with Crippen LogP contribution in [0, 0.1) is 6.92 Å². The van der Waals surface area contributed by atoms with E-state index >= 15 is 0 Å². The quantitative estimate of drug-likeness (QED) is 0.683. The van der Waals surface area contributed by atoms with Gasteiger partial charge in [-0.15, -0.1) is 0 Å². The average Bonchev–Trinajstić information content (AvgIpc) is 3.16.